The molecule has 1 N–H and O–H groups in total. The molecule has 3 heterocycles. The number of pyridine rings is 1. The SMILES string of the molecule is CCc1cc(NCc2cccc(S(=O)(=O)N3CCCCC3)c2)nc(-c2ccccn2)n1. The van der Waals surface area contributed by atoms with E-state index in [1.165, 1.54) is 0 Å². The summed E-state index contributed by atoms with van der Waals surface area (Å²) in [4.78, 5) is 13.9. The van der Waals surface area contributed by atoms with Crippen LogP contribution in [0.5, 0.6) is 0 Å². The second kappa shape index (κ2) is 9.53. The molecule has 2 aromatic heterocycles. The first-order valence-electron chi connectivity index (χ1n) is 10.7. The van der Waals surface area contributed by atoms with Crippen molar-refractivity contribution in [1.29, 1.82) is 0 Å². The van der Waals surface area contributed by atoms with E-state index in [1.54, 1.807) is 28.7 Å². The molecule has 1 fully saturated rings. The second-order valence-corrected chi connectivity index (χ2v) is 9.54. The Morgan fingerprint density at radius 1 is 1.00 bits per heavy atom. The smallest absolute Gasteiger partial charge is 0.243 e. The quantitative estimate of drug-likeness (QED) is 0.603. The van der Waals surface area contributed by atoms with Crippen molar-refractivity contribution < 1.29 is 8.42 Å². The number of hydrogen-bond acceptors (Lipinski definition) is 6. The van der Waals surface area contributed by atoms with Gasteiger partial charge in [0.05, 0.1) is 4.90 Å². The zero-order valence-electron chi connectivity index (χ0n) is 17.7. The number of nitrogens with one attached hydrogen (secondary N) is 1. The van der Waals surface area contributed by atoms with Crippen molar-refractivity contribution in [3.8, 4) is 11.5 Å². The number of aromatic nitrogens is 3. The summed E-state index contributed by atoms with van der Waals surface area (Å²) in [5.74, 6) is 1.26. The Morgan fingerprint density at radius 3 is 2.58 bits per heavy atom. The summed E-state index contributed by atoms with van der Waals surface area (Å²) >= 11 is 0. The number of benzene rings is 1. The van der Waals surface area contributed by atoms with Gasteiger partial charge < -0.3 is 5.32 Å². The zero-order chi connectivity index (χ0) is 21.7. The molecule has 7 nitrogen and oxygen atoms in total. The summed E-state index contributed by atoms with van der Waals surface area (Å²) in [5, 5.41) is 3.32. The molecule has 0 bridgehead atoms. The fourth-order valence-corrected chi connectivity index (χ4v) is 5.23. The van der Waals surface area contributed by atoms with Gasteiger partial charge in [0, 0.05) is 37.6 Å². The third-order valence-corrected chi connectivity index (χ3v) is 7.25. The van der Waals surface area contributed by atoms with Crippen LogP contribution in [0.2, 0.25) is 0 Å². The number of hydrogen-bond donors (Lipinski definition) is 1. The molecule has 1 aliphatic rings. The number of sulfonamides is 1. The van der Waals surface area contributed by atoms with E-state index in [1.807, 2.05) is 37.3 Å². The van der Waals surface area contributed by atoms with Gasteiger partial charge in [0.2, 0.25) is 10.0 Å². The van der Waals surface area contributed by atoms with Crippen LogP contribution < -0.4 is 5.32 Å². The van der Waals surface area contributed by atoms with E-state index in [0.29, 0.717) is 36.2 Å². The van der Waals surface area contributed by atoms with Crippen molar-refractivity contribution >= 4 is 15.8 Å². The van der Waals surface area contributed by atoms with Crippen LogP contribution in [0, 0.1) is 0 Å². The minimum atomic E-state index is -3.45. The molecule has 1 aliphatic heterocycles. The van der Waals surface area contributed by atoms with E-state index in [2.05, 4.69) is 20.3 Å². The summed E-state index contributed by atoms with van der Waals surface area (Å²) in [7, 11) is -3.45. The van der Waals surface area contributed by atoms with Crippen molar-refractivity contribution in [2.75, 3.05) is 18.4 Å². The highest BCUT2D eigenvalue weighted by molar-refractivity contribution is 7.89. The van der Waals surface area contributed by atoms with E-state index in [4.69, 9.17) is 0 Å². The van der Waals surface area contributed by atoms with Crippen molar-refractivity contribution in [3.63, 3.8) is 0 Å². The average Bonchev–Trinajstić information content (AvgIpc) is 2.84. The van der Waals surface area contributed by atoms with Crippen molar-refractivity contribution in [2.45, 2.75) is 44.0 Å². The lowest BCUT2D eigenvalue weighted by Gasteiger charge is -2.26. The standard InChI is InChI=1S/C23H27N5O2S/c1-2-19-16-22(27-23(26-19)21-11-4-5-12-24-21)25-17-18-9-8-10-20(15-18)31(29,30)28-13-6-3-7-14-28/h4-5,8-12,15-16H,2-3,6-7,13-14,17H2,1H3,(H,25,26,27). The Kier molecular flexibility index (Phi) is 6.58. The molecule has 0 atom stereocenters. The van der Waals surface area contributed by atoms with Crippen LogP contribution in [0.4, 0.5) is 5.82 Å². The molecule has 8 heteroatoms. The maximum atomic E-state index is 13.0. The molecule has 0 unspecified atom stereocenters. The second-order valence-electron chi connectivity index (χ2n) is 7.60. The normalized spacial score (nSPS) is 15.0. The van der Waals surface area contributed by atoms with Crippen LogP contribution in [0.1, 0.15) is 37.4 Å². The minimum absolute atomic E-state index is 0.347. The van der Waals surface area contributed by atoms with Gasteiger partial charge in [-0.1, -0.05) is 31.5 Å². The maximum Gasteiger partial charge on any atom is 0.243 e. The molecular weight excluding hydrogens is 410 g/mol. The van der Waals surface area contributed by atoms with Crippen LogP contribution in [-0.4, -0.2) is 40.8 Å². The van der Waals surface area contributed by atoms with Gasteiger partial charge in [-0.2, -0.15) is 4.31 Å². The molecule has 162 valence electrons. The Bertz CT molecular complexity index is 1130. The molecular formula is C23H27N5O2S. The fourth-order valence-electron chi connectivity index (χ4n) is 3.64. The lowest BCUT2D eigenvalue weighted by Crippen LogP contribution is -2.35. The minimum Gasteiger partial charge on any atom is -0.366 e. The predicted molar refractivity (Wildman–Crippen MR) is 121 cm³/mol. The molecule has 0 saturated carbocycles. The molecule has 0 radical (unpaired) electrons. The summed E-state index contributed by atoms with van der Waals surface area (Å²) in [6.07, 6.45) is 5.44. The van der Waals surface area contributed by atoms with Gasteiger partial charge in [-0.15, -0.1) is 0 Å². The number of piperidine rings is 1. The van der Waals surface area contributed by atoms with Crippen LogP contribution in [-0.2, 0) is 23.0 Å². The highest BCUT2D eigenvalue weighted by Gasteiger charge is 2.25. The molecule has 1 aromatic carbocycles. The van der Waals surface area contributed by atoms with Crippen molar-refractivity contribution in [3.05, 3.63) is 66.0 Å². The van der Waals surface area contributed by atoms with E-state index in [0.717, 1.165) is 42.6 Å². The van der Waals surface area contributed by atoms with Crippen LogP contribution in [0.25, 0.3) is 11.5 Å². The van der Waals surface area contributed by atoms with Gasteiger partial charge in [0.25, 0.3) is 0 Å². The van der Waals surface area contributed by atoms with Gasteiger partial charge in [0.15, 0.2) is 5.82 Å². The summed E-state index contributed by atoms with van der Waals surface area (Å²) in [6.45, 7) is 3.71. The maximum absolute atomic E-state index is 13.0. The molecule has 0 aliphatic carbocycles. The van der Waals surface area contributed by atoms with E-state index < -0.39 is 10.0 Å². The Labute approximate surface area is 183 Å². The van der Waals surface area contributed by atoms with E-state index in [-0.39, 0.29) is 0 Å². The molecule has 3 aromatic rings. The van der Waals surface area contributed by atoms with Gasteiger partial charge in [-0.25, -0.2) is 18.4 Å². The molecule has 0 spiro atoms. The Morgan fingerprint density at radius 2 is 1.84 bits per heavy atom. The topological polar surface area (TPSA) is 88.1 Å². The third-order valence-electron chi connectivity index (χ3n) is 5.36. The first kappa shape index (κ1) is 21.4. The molecule has 0 amide bonds. The molecule has 1 saturated heterocycles. The monoisotopic (exact) mass is 437 g/mol. The highest BCUT2D eigenvalue weighted by atomic mass is 32.2. The first-order chi connectivity index (χ1) is 15.1. The zero-order valence-corrected chi connectivity index (χ0v) is 18.5. The number of anilines is 1. The predicted octanol–water partition coefficient (Wildman–Crippen LogP) is 3.89. The summed E-state index contributed by atoms with van der Waals surface area (Å²) in [5.41, 5.74) is 2.52. The molecule has 4 rings (SSSR count). The summed E-state index contributed by atoms with van der Waals surface area (Å²) in [6, 6.07) is 14.7. The summed E-state index contributed by atoms with van der Waals surface area (Å²) < 4.78 is 27.6. The number of nitrogens with zero attached hydrogens (tertiary/aromatic N) is 4. The van der Waals surface area contributed by atoms with Crippen LogP contribution >= 0.6 is 0 Å². The number of aryl methyl sites for hydroxylation is 1. The molecule has 31 heavy (non-hydrogen) atoms. The van der Waals surface area contributed by atoms with E-state index >= 15 is 0 Å². The van der Waals surface area contributed by atoms with Gasteiger partial charge in [0.1, 0.15) is 11.5 Å². The Balaban J connectivity index is 1.53. The lowest BCUT2D eigenvalue weighted by atomic mass is 10.2. The van der Waals surface area contributed by atoms with Crippen LogP contribution in [0.3, 0.4) is 0 Å². The highest BCUT2D eigenvalue weighted by Crippen LogP contribution is 2.22. The number of rotatable bonds is 7. The third kappa shape index (κ3) is 5.08. The van der Waals surface area contributed by atoms with Gasteiger partial charge in [-0.3, -0.25) is 4.98 Å². The van der Waals surface area contributed by atoms with Gasteiger partial charge >= 0.3 is 0 Å². The van der Waals surface area contributed by atoms with E-state index in [9.17, 15) is 8.42 Å². The van der Waals surface area contributed by atoms with Crippen LogP contribution in [0.15, 0.2) is 59.6 Å². The largest absolute Gasteiger partial charge is 0.366 e. The fraction of sp³-hybridized carbons (Fsp3) is 0.348. The van der Waals surface area contributed by atoms with Crippen molar-refractivity contribution in [1.82, 2.24) is 19.3 Å². The Hall–Kier alpha value is -2.84. The van der Waals surface area contributed by atoms with Gasteiger partial charge in [-0.05, 0) is 49.1 Å². The average molecular weight is 438 g/mol. The van der Waals surface area contributed by atoms with Crippen molar-refractivity contribution in [2.24, 2.45) is 0 Å². The lowest BCUT2D eigenvalue weighted by molar-refractivity contribution is 0.346. The first-order valence-corrected chi connectivity index (χ1v) is 12.1.